The summed E-state index contributed by atoms with van der Waals surface area (Å²) in [6.45, 7) is 4.26. The zero-order valence-electron chi connectivity index (χ0n) is 10.5. The van der Waals surface area contributed by atoms with E-state index >= 15 is 0 Å². The first kappa shape index (κ1) is 14.8. The molecule has 1 N–H and O–H groups in total. The van der Waals surface area contributed by atoms with E-state index in [-0.39, 0.29) is 6.42 Å². The van der Waals surface area contributed by atoms with E-state index in [1.54, 1.807) is 0 Å². The zero-order chi connectivity index (χ0) is 12.7. The summed E-state index contributed by atoms with van der Waals surface area (Å²) in [4.78, 5) is 12.7. The van der Waals surface area contributed by atoms with Crippen molar-refractivity contribution in [2.45, 2.75) is 50.4 Å². The number of hydrogen-bond acceptors (Lipinski definition) is 4. The molecule has 0 aromatic rings. The van der Waals surface area contributed by atoms with Gasteiger partial charge in [0.15, 0.2) is 0 Å². The summed E-state index contributed by atoms with van der Waals surface area (Å²) in [6.07, 6.45) is 4.73. The van der Waals surface area contributed by atoms with Crippen LogP contribution in [0.3, 0.4) is 0 Å². The van der Waals surface area contributed by atoms with E-state index in [1.807, 2.05) is 0 Å². The maximum Gasteiger partial charge on any atom is 0.305 e. The third-order valence-electron chi connectivity index (χ3n) is 3.19. The second-order valence-electron chi connectivity index (χ2n) is 4.56. The molecule has 0 spiro atoms. The van der Waals surface area contributed by atoms with Crippen LogP contribution in [-0.2, 0) is 9.53 Å². The van der Waals surface area contributed by atoms with Gasteiger partial charge in [-0.2, -0.15) is 12.6 Å². The Labute approximate surface area is 109 Å². The van der Waals surface area contributed by atoms with Gasteiger partial charge in [-0.3, -0.25) is 9.69 Å². The Balaban J connectivity index is 2.04. The summed E-state index contributed by atoms with van der Waals surface area (Å²) in [6, 6.07) is 0.630. The number of aliphatic carboxylic acids is 1. The summed E-state index contributed by atoms with van der Waals surface area (Å²) in [7, 11) is 0. The quantitative estimate of drug-likeness (QED) is 0.518. The minimum atomic E-state index is -0.795. The summed E-state index contributed by atoms with van der Waals surface area (Å²) < 4.78 is 5.28. The smallest absolute Gasteiger partial charge is 0.305 e. The van der Waals surface area contributed by atoms with Crippen molar-refractivity contribution in [3.05, 3.63) is 0 Å². The summed E-state index contributed by atoms with van der Waals surface area (Å²) in [5.41, 5.74) is 0. The van der Waals surface area contributed by atoms with Crippen LogP contribution < -0.4 is 0 Å². The standard InChI is InChI=1S/C12H23NO3S/c1-10(17)13-7-2-4-11(13)5-3-8-16-9-6-12(14)15/h10-11,17H,2-9H2,1H3,(H,14,15)/t10?,11-/m0/s1. The Kier molecular flexibility index (Phi) is 6.92. The molecule has 1 unspecified atom stereocenters. The molecule has 0 aromatic heterocycles. The first-order valence-corrected chi connectivity index (χ1v) is 6.86. The van der Waals surface area contributed by atoms with Crippen molar-refractivity contribution in [2.24, 2.45) is 0 Å². The second kappa shape index (κ2) is 7.95. The van der Waals surface area contributed by atoms with Crippen LogP contribution in [0.2, 0.25) is 0 Å². The van der Waals surface area contributed by atoms with Gasteiger partial charge in [-0.05, 0) is 39.2 Å². The Morgan fingerprint density at radius 1 is 1.59 bits per heavy atom. The van der Waals surface area contributed by atoms with Gasteiger partial charge in [0.2, 0.25) is 0 Å². The first-order valence-electron chi connectivity index (χ1n) is 6.34. The van der Waals surface area contributed by atoms with Crippen LogP contribution >= 0.6 is 12.6 Å². The molecule has 1 aliphatic heterocycles. The van der Waals surface area contributed by atoms with Crippen LogP contribution in [0.15, 0.2) is 0 Å². The SMILES string of the molecule is CC(S)N1CCC[C@H]1CCCOCCC(=O)O. The van der Waals surface area contributed by atoms with Gasteiger partial charge in [-0.25, -0.2) is 0 Å². The fraction of sp³-hybridized carbons (Fsp3) is 0.917. The number of carboxylic acids is 1. The summed E-state index contributed by atoms with van der Waals surface area (Å²) >= 11 is 4.48. The molecule has 0 aromatic carbocycles. The lowest BCUT2D eigenvalue weighted by Gasteiger charge is -2.27. The van der Waals surface area contributed by atoms with E-state index in [0.717, 1.165) is 19.4 Å². The van der Waals surface area contributed by atoms with E-state index in [4.69, 9.17) is 9.84 Å². The molecule has 1 aliphatic rings. The van der Waals surface area contributed by atoms with E-state index in [0.29, 0.717) is 24.6 Å². The lowest BCUT2D eigenvalue weighted by molar-refractivity contribution is -0.138. The summed E-state index contributed by atoms with van der Waals surface area (Å²) in [5.74, 6) is -0.795. The van der Waals surface area contributed by atoms with Gasteiger partial charge in [0.05, 0.1) is 18.4 Å². The predicted octanol–water partition coefficient (Wildman–Crippen LogP) is 2.00. The van der Waals surface area contributed by atoms with Gasteiger partial charge in [-0.1, -0.05) is 0 Å². The molecule has 100 valence electrons. The van der Waals surface area contributed by atoms with Crippen LogP contribution in [0.4, 0.5) is 0 Å². The van der Waals surface area contributed by atoms with Crippen molar-refractivity contribution in [3.8, 4) is 0 Å². The molecule has 2 atom stereocenters. The molecule has 4 nitrogen and oxygen atoms in total. The monoisotopic (exact) mass is 261 g/mol. The number of nitrogens with zero attached hydrogens (tertiary/aromatic N) is 1. The Morgan fingerprint density at radius 3 is 3.00 bits per heavy atom. The van der Waals surface area contributed by atoms with Crippen LogP contribution in [0.25, 0.3) is 0 Å². The average Bonchev–Trinajstić information content (AvgIpc) is 2.71. The molecule has 17 heavy (non-hydrogen) atoms. The van der Waals surface area contributed by atoms with Gasteiger partial charge in [0, 0.05) is 12.6 Å². The Morgan fingerprint density at radius 2 is 2.35 bits per heavy atom. The van der Waals surface area contributed by atoms with E-state index in [2.05, 4.69) is 24.5 Å². The molecule has 1 saturated heterocycles. The second-order valence-corrected chi connectivity index (χ2v) is 5.31. The van der Waals surface area contributed by atoms with Crippen LogP contribution in [0.5, 0.6) is 0 Å². The van der Waals surface area contributed by atoms with Gasteiger partial charge in [-0.15, -0.1) is 0 Å². The molecule has 0 saturated carbocycles. The maximum absolute atomic E-state index is 10.3. The highest BCUT2D eigenvalue weighted by atomic mass is 32.1. The van der Waals surface area contributed by atoms with Crippen molar-refractivity contribution in [1.82, 2.24) is 4.90 Å². The molecular formula is C12H23NO3S. The normalized spacial score (nSPS) is 22.8. The fourth-order valence-electron chi connectivity index (χ4n) is 2.34. The third kappa shape index (κ3) is 5.75. The molecule has 1 rings (SSSR count). The highest BCUT2D eigenvalue weighted by molar-refractivity contribution is 7.80. The molecule has 0 aliphatic carbocycles. The van der Waals surface area contributed by atoms with Gasteiger partial charge < -0.3 is 9.84 Å². The van der Waals surface area contributed by atoms with Crippen molar-refractivity contribution >= 4 is 18.6 Å². The van der Waals surface area contributed by atoms with E-state index < -0.39 is 5.97 Å². The van der Waals surface area contributed by atoms with E-state index in [9.17, 15) is 4.79 Å². The highest BCUT2D eigenvalue weighted by Crippen LogP contribution is 2.24. The van der Waals surface area contributed by atoms with Gasteiger partial charge >= 0.3 is 5.97 Å². The number of hydrogen-bond donors (Lipinski definition) is 2. The van der Waals surface area contributed by atoms with Crippen molar-refractivity contribution in [3.63, 3.8) is 0 Å². The minimum Gasteiger partial charge on any atom is -0.481 e. The average molecular weight is 261 g/mol. The number of ether oxygens (including phenoxy) is 1. The lowest BCUT2D eigenvalue weighted by Crippen LogP contribution is -2.34. The Hall–Kier alpha value is -0.260. The highest BCUT2D eigenvalue weighted by Gasteiger charge is 2.26. The van der Waals surface area contributed by atoms with Crippen molar-refractivity contribution in [2.75, 3.05) is 19.8 Å². The number of carboxylic acid groups (broad SMARTS) is 1. The number of likely N-dealkylation sites (tertiary alicyclic amines) is 1. The predicted molar refractivity (Wildman–Crippen MR) is 70.5 cm³/mol. The molecule has 1 heterocycles. The minimum absolute atomic E-state index is 0.100. The Bertz CT molecular complexity index is 236. The first-order chi connectivity index (χ1) is 8.11. The summed E-state index contributed by atoms with van der Waals surface area (Å²) in [5, 5.41) is 8.77. The zero-order valence-corrected chi connectivity index (χ0v) is 11.4. The number of carbonyl (C=O) groups is 1. The molecule has 0 amide bonds. The van der Waals surface area contributed by atoms with Crippen LogP contribution in [0.1, 0.15) is 39.0 Å². The van der Waals surface area contributed by atoms with Crippen LogP contribution in [0, 0.1) is 0 Å². The van der Waals surface area contributed by atoms with Gasteiger partial charge in [0.1, 0.15) is 0 Å². The van der Waals surface area contributed by atoms with Crippen LogP contribution in [-0.4, -0.2) is 47.1 Å². The maximum atomic E-state index is 10.3. The molecule has 5 heteroatoms. The van der Waals surface area contributed by atoms with E-state index in [1.165, 1.54) is 12.8 Å². The lowest BCUT2D eigenvalue weighted by atomic mass is 10.1. The van der Waals surface area contributed by atoms with Gasteiger partial charge in [0.25, 0.3) is 0 Å². The molecular weight excluding hydrogens is 238 g/mol. The largest absolute Gasteiger partial charge is 0.481 e. The van der Waals surface area contributed by atoms with Crippen molar-refractivity contribution < 1.29 is 14.6 Å². The molecule has 0 radical (unpaired) electrons. The third-order valence-corrected chi connectivity index (χ3v) is 3.49. The number of thiol groups is 1. The molecule has 0 bridgehead atoms. The number of rotatable bonds is 8. The topological polar surface area (TPSA) is 49.8 Å². The van der Waals surface area contributed by atoms with Crippen molar-refractivity contribution in [1.29, 1.82) is 0 Å². The fourth-order valence-corrected chi connectivity index (χ4v) is 2.65. The molecule has 1 fully saturated rings.